The van der Waals surface area contributed by atoms with Gasteiger partial charge in [-0.3, -0.25) is 0 Å². The maximum absolute atomic E-state index is 15.1. The van der Waals surface area contributed by atoms with Gasteiger partial charge in [-0.25, -0.2) is 4.79 Å². The molecule has 2 bridgehead atoms. The fourth-order valence-corrected chi connectivity index (χ4v) is 16.0. The number of phenolic OH excluding ortho intramolecular Hbond substituents is 1. The largest absolute Gasteiger partial charge is 0.508 e. The molecule has 12 nitrogen and oxygen atoms in total. The summed E-state index contributed by atoms with van der Waals surface area (Å²) in [5.74, 6) is -4.55. The number of phenols is 1. The number of nitrogens with one attached hydrogen (secondary N) is 2. The summed E-state index contributed by atoms with van der Waals surface area (Å²) in [5.41, 5.74) is -1.42. The minimum Gasteiger partial charge on any atom is -0.508 e. The van der Waals surface area contributed by atoms with Gasteiger partial charge in [0.1, 0.15) is 18.0 Å². The molecule has 5 fully saturated rings. The molecule has 63 heavy (non-hydrogen) atoms. The zero-order valence-electron chi connectivity index (χ0n) is 35.0. The van der Waals surface area contributed by atoms with E-state index in [1.807, 2.05) is 61.7 Å². The van der Waals surface area contributed by atoms with Gasteiger partial charge in [-0.15, -0.1) is 0 Å². The third-order valence-corrected chi connectivity index (χ3v) is 18.0. The van der Waals surface area contributed by atoms with Gasteiger partial charge in [-0.1, -0.05) is 48.6 Å². The predicted octanol–water partition coefficient (Wildman–Crippen LogP) is 4.93. The molecule has 6 aliphatic carbocycles. The number of carbonyl (C=O) groups is 1. The first-order valence-electron chi connectivity index (χ1n) is 22.8. The molecule has 8 aliphatic rings. The number of hydrogen-bond acceptors (Lipinski definition) is 11. The highest BCUT2D eigenvalue weighted by Gasteiger charge is 2.87. The monoisotopic (exact) mass is 852 g/mol. The fraction of sp³-hybridized carbons (Fsp3) is 0.471. The minimum absolute atomic E-state index is 0.0926. The van der Waals surface area contributed by atoms with E-state index in [-0.39, 0.29) is 34.9 Å². The quantitative estimate of drug-likeness (QED) is 0.0884. The number of H-pyrrole nitrogens is 1. The number of aromatic nitrogens is 1. The second-order valence-corrected chi connectivity index (χ2v) is 20.1. The average Bonchev–Trinajstić information content (AvgIpc) is 4.00. The van der Waals surface area contributed by atoms with Gasteiger partial charge in [0.25, 0.3) is 0 Å². The number of aliphatic hydroxyl groups excluding tert-OH is 3. The van der Waals surface area contributed by atoms with Crippen LogP contribution in [0.15, 0.2) is 90.5 Å². The van der Waals surface area contributed by atoms with Crippen LogP contribution in [0.4, 0.5) is 0 Å². The topological polar surface area (TPSA) is 194 Å². The third-order valence-electron chi connectivity index (χ3n) is 18.0. The van der Waals surface area contributed by atoms with Crippen LogP contribution >= 0.6 is 0 Å². The lowest BCUT2D eigenvalue weighted by molar-refractivity contribution is -0.370. The Kier molecular flexibility index (Phi) is 7.88. The Labute approximate surface area is 363 Å². The molecule has 326 valence electrons. The Morgan fingerprint density at radius 3 is 2.54 bits per heavy atom. The second-order valence-electron chi connectivity index (χ2n) is 20.1. The lowest BCUT2D eigenvalue weighted by Gasteiger charge is -2.73. The number of aliphatic hydroxyl groups is 5. The molecule has 14 atom stereocenters. The first-order chi connectivity index (χ1) is 30.4. The Bertz CT molecular complexity index is 2870. The number of benzene rings is 4. The maximum Gasteiger partial charge on any atom is 0.343 e. The van der Waals surface area contributed by atoms with Gasteiger partial charge in [-0.2, -0.15) is 0 Å². The van der Waals surface area contributed by atoms with Crippen LogP contribution in [-0.4, -0.2) is 96.6 Å². The van der Waals surface area contributed by atoms with Crippen LogP contribution in [0.3, 0.4) is 0 Å². The van der Waals surface area contributed by atoms with E-state index in [0.29, 0.717) is 35.9 Å². The van der Waals surface area contributed by atoms with Crippen LogP contribution in [0.25, 0.3) is 32.4 Å². The van der Waals surface area contributed by atoms with E-state index >= 15 is 4.79 Å². The molecule has 3 saturated carbocycles. The number of aromatic amines is 1. The minimum atomic E-state index is -2.67. The molecule has 4 aromatic carbocycles. The number of fused-ring (bicyclic) bond motifs is 5. The standard InChI is InChI=1S/C51H52N2O10/c1-52-23-30-21-36-41-29-14-17-48(36,47(44(30)57)16-15-32-10-9-31-8-6-28-19-33(55)11-12-35(28)49(31,32)47)63-45-43(62-51(60,39(56)22-29)50(41,45)59)46(58)61-42-38(24-54)53-37-13-7-27-18-25-4-2-3-5-26(25)20-34(27)40(37)42/h2-5,7,11-14,17-20,22,30-32,36,39,41,43-45,52-57,59-60H,6,8-10,15-16,21,23-24H2,1H3. The number of ether oxygens (including phenoxy) is 3. The van der Waals surface area contributed by atoms with Gasteiger partial charge < -0.3 is 55.2 Å². The van der Waals surface area contributed by atoms with Gasteiger partial charge in [0, 0.05) is 29.2 Å². The first kappa shape index (κ1) is 38.8. The number of hydrogen-bond donors (Lipinski definition) is 8. The highest BCUT2D eigenvalue weighted by molar-refractivity contribution is 6.14. The smallest absolute Gasteiger partial charge is 0.343 e. The lowest BCUT2D eigenvalue weighted by atomic mass is 9.36. The Morgan fingerprint density at radius 1 is 0.952 bits per heavy atom. The van der Waals surface area contributed by atoms with Crippen molar-refractivity contribution in [2.75, 3.05) is 13.6 Å². The van der Waals surface area contributed by atoms with Gasteiger partial charge in [0.2, 0.25) is 5.79 Å². The van der Waals surface area contributed by atoms with Crippen molar-refractivity contribution in [3.05, 3.63) is 107 Å². The SMILES string of the molecule is CNCC1CC2C3C4=CC(O)C5(O)OC(C(=O)Oc6c(CO)[nH]c7ccc8cc9ccccc9cc8c67)C(OC2(C=C4)C2(CCC4CCC6CCc7cc(O)ccc7C642)C1O)C35O. The Morgan fingerprint density at radius 2 is 1.75 bits per heavy atom. The molecule has 0 radical (unpaired) electrons. The van der Waals surface area contributed by atoms with Crippen molar-refractivity contribution in [2.24, 2.45) is 35.0 Å². The summed E-state index contributed by atoms with van der Waals surface area (Å²) >= 11 is 0. The summed E-state index contributed by atoms with van der Waals surface area (Å²) in [6, 6.07) is 21.6. The second kappa shape index (κ2) is 12.8. The van der Waals surface area contributed by atoms with Gasteiger partial charge in [-0.05, 0) is 144 Å². The molecule has 12 heteroatoms. The number of esters is 1. The zero-order valence-corrected chi connectivity index (χ0v) is 35.0. The molecular weight excluding hydrogens is 801 g/mol. The molecule has 0 amide bonds. The van der Waals surface area contributed by atoms with Crippen LogP contribution in [0.1, 0.15) is 55.3 Å². The number of rotatable bonds is 5. The van der Waals surface area contributed by atoms with Crippen molar-refractivity contribution in [3.8, 4) is 11.5 Å². The summed E-state index contributed by atoms with van der Waals surface area (Å²) in [6.07, 6.45) is 5.13. The van der Waals surface area contributed by atoms with Crippen molar-refractivity contribution < 1.29 is 49.6 Å². The molecule has 5 aromatic rings. The van der Waals surface area contributed by atoms with Gasteiger partial charge in [0.15, 0.2) is 17.5 Å². The molecule has 2 saturated heterocycles. The van der Waals surface area contributed by atoms with E-state index in [1.165, 1.54) is 6.08 Å². The fourth-order valence-electron chi connectivity index (χ4n) is 16.0. The van der Waals surface area contributed by atoms with Crippen molar-refractivity contribution in [2.45, 2.75) is 98.4 Å². The van der Waals surface area contributed by atoms with E-state index in [4.69, 9.17) is 14.2 Å². The Hall–Kier alpha value is -4.63. The molecule has 3 heterocycles. The summed E-state index contributed by atoms with van der Waals surface area (Å²) < 4.78 is 20.4. The Balaban J connectivity index is 1.00. The highest BCUT2D eigenvalue weighted by atomic mass is 16.7. The van der Waals surface area contributed by atoms with Gasteiger partial charge in [0.05, 0.1) is 34.9 Å². The van der Waals surface area contributed by atoms with Crippen LogP contribution in [0.5, 0.6) is 11.5 Å². The van der Waals surface area contributed by atoms with Crippen molar-refractivity contribution in [1.82, 2.24) is 10.3 Å². The normalized spacial score (nSPS) is 41.4. The van der Waals surface area contributed by atoms with Crippen LogP contribution in [0.2, 0.25) is 0 Å². The zero-order chi connectivity index (χ0) is 43.0. The van der Waals surface area contributed by atoms with Crippen molar-refractivity contribution >= 4 is 38.4 Å². The van der Waals surface area contributed by atoms with E-state index < -0.39 is 76.6 Å². The number of allylic oxidation sites excluding steroid dienone is 1. The third kappa shape index (κ3) is 4.38. The number of carbonyl (C=O) groups excluding carboxylic acids is 1. The summed E-state index contributed by atoms with van der Waals surface area (Å²) in [7, 11) is 1.88. The highest BCUT2D eigenvalue weighted by Crippen LogP contribution is 2.80. The van der Waals surface area contributed by atoms with Crippen molar-refractivity contribution in [3.63, 3.8) is 0 Å². The van der Waals surface area contributed by atoms with E-state index in [9.17, 15) is 30.6 Å². The average molecular weight is 853 g/mol. The summed E-state index contributed by atoms with van der Waals surface area (Å²) in [6.45, 7) is 0.0223. The molecular formula is C51H52N2O10. The van der Waals surface area contributed by atoms with E-state index in [1.54, 1.807) is 6.07 Å². The van der Waals surface area contributed by atoms with Crippen LogP contribution < -0.4 is 10.1 Å². The summed E-state index contributed by atoms with van der Waals surface area (Å²) in [4.78, 5) is 18.4. The van der Waals surface area contributed by atoms with Gasteiger partial charge >= 0.3 is 5.97 Å². The van der Waals surface area contributed by atoms with E-state index in [2.05, 4.69) is 28.5 Å². The number of aromatic hydroxyl groups is 1. The molecule has 2 aliphatic heterocycles. The first-order valence-corrected chi connectivity index (χ1v) is 22.8. The summed E-state index contributed by atoms with van der Waals surface area (Å²) in [5, 5.41) is 80.5. The molecule has 1 aromatic heterocycles. The van der Waals surface area contributed by atoms with E-state index in [0.717, 1.165) is 64.8 Å². The molecule has 13 rings (SSSR count). The van der Waals surface area contributed by atoms with Crippen LogP contribution in [-0.2, 0) is 32.7 Å². The molecule has 2 spiro atoms. The number of aryl methyl sites for hydroxylation is 1. The van der Waals surface area contributed by atoms with Crippen molar-refractivity contribution in [1.29, 1.82) is 0 Å². The lowest BCUT2D eigenvalue weighted by Crippen LogP contribution is -2.83. The van der Waals surface area contributed by atoms with Crippen LogP contribution in [0, 0.1) is 35.0 Å². The predicted molar refractivity (Wildman–Crippen MR) is 231 cm³/mol. The molecule has 8 N–H and O–H groups in total. The maximum atomic E-state index is 15.1. The molecule has 14 unspecified atom stereocenters.